The van der Waals surface area contributed by atoms with Gasteiger partial charge in [0.2, 0.25) is 0 Å². The Morgan fingerprint density at radius 2 is 2.00 bits per heavy atom. The maximum absolute atomic E-state index is 6.29. The van der Waals surface area contributed by atoms with Crippen LogP contribution in [0.2, 0.25) is 10.0 Å². The molecule has 1 aromatic heterocycles. The van der Waals surface area contributed by atoms with E-state index in [1.54, 1.807) is 6.07 Å². The third-order valence-electron chi connectivity index (χ3n) is 2.91. The summed E-state index contributed by atoms with van der Waals surface area (Å²) in [5.74, 6) is 0. The Labute approximate surface area is 123 Å². The smallest absolute Gasteiger partial charge is 0.0766 e. The second-order valence-corrected chi connectivity index (χ2v) is 5.26. The lowest BCUT2D eigenvalue weighted by Crippen LogP contribution is -2.23. The van der Waals surface area contributed by atoms with Crippen molar-refractivity contribution < 1.29 is 0 Å². The molecule has 0 fully saturated rings. The van der Waals surface area contributed by atoms with Gasteiger partial charge < -0.3 is 5.32 Å². The topological polar surface area (TPSA) is 24.9 Å². The molecular weight excluding hydrogens is 279 g/mol. The molecule has 0 spiro atoms. The van der Waals surface area contributed by atoms with Gasteiger partial charge in [0, 0.05) is 16.2 Å². The van der Waals surface area contributed by atoms with Crippen molar-refractivity contribution in [3.63, 3.8) is 0 Å². The molecule has 2 nitrogen and oxygen atoms in total. The number of halogens is 2. The standard InChI is InChI=1S/C15H16Cl2N2/c1-3-18-15(14-8-10(2)6-7-19-14)12-9-11(16)4-5-13(12)17/h4-9,15,18H,3H2,1-2H3. The average Bonchev–Trinajstić information content (AvgIpc) is 2.39. The summed E-state index contributed by atoms with van der Waals surface area (Å²) < 4.78 is 0. The van der Waals surface area contributed by atoms with Gasteiger partial charge in [-0.1, -0.05) is 30.1 Å². The Morgan fingerprint density at radius 3 is 2.68 bits per heavy atom. The van der Waals surface area contributed by atoms with Crippen molar-refractivity contribution in [3.05, 3.63) is 63.4 Å². The molecule has 2 aromatic rings. The van der Waals surface area contributed by atoms with E-state index in [1.807, 2.05) is 31.3 Å². The highest BCUT2D eigenvalue weighted by Crippen LogP contribution is 2.30. The number of hydrogen-bond acceptors (Lipinski definition) is 2. The van der Waals surface area contributed by atoms with Gasteiger partial charge in [0.1, 0.15) is 0 Å². The molecule has 1 aromatic carbocycles. The third-order valence-corrected chi connectivity index (χ3v) is 3.49. The number of nitrogens with zero attached hydrogens (tertiary/aromatic N) is 1. The lowest BCUT2D eigenvalue weighted by molar-refractivity contribution is 0.615. The van der Waals surface area contributed by atoms with Gasteiger partial charge in [0.25, 0.3) is 0 Å². The minimum Gasteiger partial charge on any atom is -0.305 e. The van der Waals surface area contributed by atoms with Crippen molar-refractivity contribution in [3.8, 4) is 0 Å². The lowest BCUT2D eigenvalue weighted by atomic mass is 10.0. The monoisotopic (exact) mass is 294 g/mol. The molecule has 0 radical (unpaired) electrons. The summed E-state index contributed by atoms with van der Waals surface area (Å²) in [7, 11) is 0. The number of hydrogen-bond donors (Lipinski definition) is 1. The molecule has 0 bridgehead atoms. The van der Waals surface area contributed by atoms with Gasteiger partial charge in [-0.25, -0.2) is 0 Å². The molecule has 19 heavy (non-hydrogen) atoms. The van der Waals surface area contributed by atoms with Crippen LogP contribution in [-0.4, -0.2) is 11.5 Å². The van der Waals surface area contributed by atoms with Crippen molar-refractivity contribution in [1.82, 2.24) is 10.3 Å². The number of aryl methyl sites for hydroxylation is 1. The Balaban J connectivity index is 2.48. The van der Waals surface area contributed by atoms with Crippen LogP contribution in [0.5, 0.6) is 0 Å². The first-order valence-electron chi connectivity index (χ1n) is 6.22. The van der Waals surface area contributed by atoms with Crippen LogP contribution >= 0.6 is 23.2 Å². The summed E-state index contributed by atoms with van der Waals surface area (Å²) >= 11 is 12.4. The van der Waals surface area contributed by atoms with E-state index in [9.17, 15) is 0 Å². The Hall–Kier alpha value is -1.09. The van der Waals surface area contributed by atoms with Crippen LogP contribution in [-0.2, 0) is 0 Å². The molecule has 1 atom stereocenters. The second-order valence-electron chi connectivity index (χ2n) is 4.41. The minimum absolute atomic E-state index is 0.0453. The van der Waals surface area contributed by atoms with Gasteiger partial charge in [0.05, 0.1) is 11.7 Å². The van der Waals surface area contributed by atoms with E-state index in [1.165, 1.54) is 5.56 Å². The zero-order chi connectivity index (χ0) is 13.8. The molecule has 1 N–H and O–H groups in total. The maximum atomic E-state index is 6.29. The van der Waals surface area contributed by atoms with Crippen LogP contribution in [0.15, 0.2) is 36.5 Å². The fourth-order valence-electron chi connectivity index (χ4n) is 2.03. The van der Waals surface area contributed by atoms with Crippen LogP contribution < -0.4 is 5.32 Å². The lowest BCUT2D eigenvalue weighted by Gasteiger charge is -2.19. The van der Waals surface area contributed by atoms with Crippen molar-refractivity contribution in [2.45, 2.75) is 19.9 Å². The van der Waals surface area contributed by atoms with Crippen LogP contribution in [0.3, 0.4) is 0 Å². The second kappa shape index (κ2) is 6.38. The Kier molecular flexibility index (Phi) is 4.81. The van der Waals surface area contributed by atoms with Crippen molar-refractivity contribution in [1.29, 1.82) is 0 Å². The molecular formula is C15H16Cl2N2. The molecule has 1 unspecified atom stereocenters. The van der Waals surface area contributed by atoms with Crippen LogP contribution in [0, 0.1) is 6.92 Å². The minimum atomic E-state index is -0.0453. The number of aromatic nitrogens is 1. The number of pyridine rings is 1. The van der Waals surface area contributed by atoms with E-state index < -0.39 is 0 Å². The molecule has 0 saturated heterocycles. The SMILES string of the molecule is CCNC(c1cc(C)ccn1)c1cc(Cl)ccc1Cl. The van der Waals surface area contributed by atoms with E-state index >= 15 is 0 Å². The van der Waals surface area contributed by atoms with Gasteiger partial charge in [0.15, 0.2) is 0 Å². The fraction of sp³-hybridized carbons (Fsp3) is 0.267. The molecule has 0 aliphatic rings. The average molecular weight is 295 g/mol. The first kappa shape index (κ1) is 14.3. The van der Waals surface area contributed by atoms with Crippen LogP contribution in [0.4, 0.5) is 0 Å². The summed E-state index contributed by atoms with van der Waals surface area (Å²) in [4.78, 5) is 4.44. The highest BCUT2D eigenvalue weighted by Gasteiger charge is 2.17. The van der Waals surface area contributed by atoms with E-state index in [4.69, 9.17) is 23.2 Å². The molecule has 4 heteroatoms. The third kappa shape index (κ3) is 3.47. The quantitative estimate of drug-likeness (QED) is 0.904. The molecule has 100 valence electrons. The van der Waals surface area contributed by atoms with Gasteiger partial charge in [-0.15, -0.1) is 0 Å². The summed E-state index contributed by atoms with van der Waals surface area (Å²) in [5, 5.41) is 4.77. The normalized spacial score (nSPS) is 12.4. The predicted octanol–water partition coefficient (Wildman–Crippen LogP) is 4.40. The molecule has 1 heterocycles. The summed E-state index contributed by atoms with van der Waals surface area (Å²) in [6, 6.07) is 9.49. The molecule has 0 amide bonds. The Morgan fingerprint density at radius 1 is 1.21 bits per heavy atom. The highest BCUT2D eigenvalue weighted by molar-refractivity contribution is 6.33. The van der Waals surface area contributed by atoms with E-state index in [2.05, 4.69) is 23.3 Å². The van der Waals surface area contributed by atoms with Crippen molar-refractivity contribution in [2.75, 3.05) is 6.54 Å². The summed E-state index contributed by atoms with van der Waals surface area (Å²) in [5.41, 5.74) is 3.08. The van der Waals surface area contributed by atoms with Gasteiger partial charge >= 0.3 is 0 Å². The predicted molar refractivity (Wildman–Crippen MR) is 81.0 cm³/mol. The number of nitrogens with one attached hydrogen (secondary N) is 1. The highest BCUT2D eigenvalue weighted by atomic mass is 35.5. The first-order valence-corrected chi connectivity index (χ1v) is 6.98. The summed E-state index contributed by atoms with van der Waals surface area (Å²) in [6.07, 6.45) is 1.81. The zero-order valence-corrected chi connectivity index (χ0v) is 12.5. The fourth-order valence-corrected chi connectivity index (χ4v) is 2.44. The van der Waals surface area contributed by atoms with E-state index in [0.29, 0.717) is 10.0 Å². The summed E-state index contributed by atoms with van der Waals surface area (Å²) in [6.45, 7) is 4.93. The largest absolute Gasteiger partial charge is 0.305 e. The zero-order valence-electron chi connectivity index (χ0n) is 11.0. The van der Waals surface area contributed by atoms with Crippen molar-refractivity contribution >= 4 is 23.2 Å². The maximum Gasteiger partial charge on any atom is 0.0766 e. The molecule has 0 saturated carbocycles. The van der Waals surface area contributed by atoms with Crippen molar-refractivity contribution in [2.24, 2.45) is 0 Å². The molecule has 2 rings (SSSR count). The van der Waals surface area contributed by atoms with E-state index in [0.717, 1.165) is 17.8 Å². The molecule has 0 aliphatic heterocycles. The van der Waals surface area contributed by atoms with Gasteiger partial charge in [-0.3, -0.25) is 4.98 Å². The first-order chi connectivity index (χ1) is 9.11. The Bertz CT molecular complexity index is 570. The number of benzene rings is 1. The van der Waals surface area contributed by atoms with Gasteiger partial charge in [-0.2, -0.15) is 0 Å². The molecule has 0 aliphatic carbocycles. The van der Waals surface area contributed by atoms with Crippen LogP contribution in [0.25, 0.3) is 0 Å². The van der Waals surface area contributed by atoms with Crippen LogP contribution in [0.1, 0.15) is 29.8 Å². The van der Waals surface area contributed by atoms with E-state index in [-0.39, 0.29) is 6.04 Å². The van der Waals surface area contributed by atoms with Gasteiger partial charge in [-0.05, 0) is 54.9 Å². The number of rotatable bonds is 4.